The van der Waals surface area contributed by atoms with Crippen LogP contribution in [0.4, 0.5) is 4.79 Å². The molecule has 0 spiro atoms. The van der Waals surface area contributed by atoms with Crippen molar-refractivity contribution in [1.82, 2.24) is 20.5 Å². The Morgan fingerprint density at radius 1 is 1.48 bits per heavy atom. The number of carbonyl (C=O) groups excluding carboxylic acids is 1. The molecule has 21 heavy (non-hydrogen) atoms. The second kappa shape index (κ2) is 7.22. The van der Waals surface area contributed by atoms with E-state index in [1.165, 1.54) is 0 Å². The lowest BCUT2D eigenvalue weighted by molar-refractivity contribution is 0.235. The summed E-state index contributed by atoms with van der Waals surface area (Å²) in [5.74, 6) is 0.435. The zero-order valence-corrected chi connectivity index (χ0v) is 14.2. The maximum absolute atomic E-state index is 11.9. The first kappa shape index (κ1) is 16.2. The van der Waals surface area contributed by atoms with Gasteiger partial charge in [-0.15, -0.1) is 11.3 Å². The van der Waals surface area contributed by atoms with Crippen LogP contribution in [0.15, 0.2) is 5.38 Å². The van der Waals surface area contributed by atoms with Crippen molar-refractivity contribution in [2.75, 3.05) is 14.1 Å². The second-order valence-electron chi connectivity index (χ2n) is 6.28. The van der Waals surface area contributed by atoms with E-state index < -0.39 is 0 Å². The molecule has 0 unspecified atom stereocenters. The second-order valence-corrected chi connectivity index (χ2v) is 7.22. The highest BCUT2D eigenvalue weighted by Gasteiger charge is 2.26. The van der Waals surface area contributed by atoms with E-state index in [-0.39, 0.29) is 6.03 Å². The van der Waals surface area contributed by atoms with Crippen molar-refractivity contribution in [3.8, 4) is 0 Å². The van der Waals surface area contributed by atoms with Crippen molar-refractivity contribution in [3.05, 3.63) is 16.1 Å². The highest BCUT2D eigenvalue weighted by atomic mass is 32.1. The average Bonchev–Trinajstić information content (AvgIpc) is 3.05. The number of aromatic nitrogens is 1. The summed E-state index contributed by atoms with van der Waals surface area (Å²) in [5.41, 5.74) is 1.10. The number of hydrogen-bond donors (Lipinski definition) is 2. The number of thiazole rings is 1. The summed E-state index contributed by atoms with van der Waals surface area (Å²) in [5, 5.41) is 9.00. The molecule has 1 heterocycles. The van der Waals surface area contributed by atoms with Crippen molar-refractivity contribution >= 4 is 17.4 Å². The molecule has 1 aromatic rings. The van der Waals surface area contributed by atoms with Gasteiger partial charge in [-0.1, -0.05) is 13.8 Å². The van der Waals surface area contributed by atoms with Gasteiger partial charge in [0.25, 0.3) is 0 Å². The van der Waals surface area contributed by atoms with Crippen LogP contribution in [0.25, 0.3) is 0 Å². The average molecular weight is 310 g/mol. The van der Waals surface area contributed by atoms with Crippen molar-refractivity contribution in [1.29, 1.82) is 0 Å². The van der Waals surface area contributed by atoms with Gasteiger partial charge in [-0.25, -0.2) is 9.78 Å². The summed E-state index contributed by atoms with van der Waals surface area (Å²) in [4.78, 5) is 18.7. The Labute approximate surface area is 131 Å². The molecule has 0 bridgehead atoms. The van der Waals surface area contributed by atoms with Crippen LogP contribution in [0.1, 0.15) is 49.7 Å². The molecule has 0 saturated heterocycles. The van der Waals surface area contributed by atoms with Crippen molar-refractivity contribution in [2.24, 2.45) is 0 Å². The van der Waals surface area contributed by atoms with Crippen molar-refractivity contribution in [3.63, 3.8) is 0 Å². The minimum Gasteiger partial charge on any atom is -0.335 e. The van der Waals surface area contributed by atoms with Crippen LogP contribution in [0, 0.1) is 0 Å². The van der Waals surface area contributed by atoms with Gasteiger partial charge in [-0.3, -0.25) is 0 Å². The van der Waals surface area contributed by atoms with Crippen LogP contribution < -0.4 is 10.6 Å². The topological polar surface area (TPSA) is 57.3 Å². The lowest BCUT2D eigenvalue weighted by Gasteiger charge is -2.19. The zero-order chi connectivity index (χ0) is 15.4. The standard InChI is InChI=1S/C15H26N4OS/c1-10(2)13-9-21-14(18-13)8-16-15(20)17-11-5-6-12(7-11)19(3)4/h9-12H,5-8H2,1-4H3,(H2,16,17,20)/t11-,12-/m0/s1. The Morgan fingerprint density at radius 2 is 2.24 bits per heavy atom. The summed E-state index contributed by atoms with van der Waals surface area (Å²) in [6.45, 7) is 4.76. The van der Waals surface area contributed by atoms with Gasteiger partial charge in [0.2, 0.25) is 0 Å². The van der Waals surface area contributed by atoms with Gasteiger partial charge in [-0.2, -0.15) is 0 Å². The third-order valence-electron chi connectivity index (χ3n) is 4.03. The van der Waals surface area contributed by atoms with E-state index in [1.807, 2.05) is 0 Å². The molecule has 1 fully saturated rings. The van der Waals surface area contributed by atoms with E-state index in [0.717, 1.165) is 30.0 Å². The molecule has 2 N–H and O–H groups in total. The monoisotopic (exact) mass is 310 g/mol. The van der Waals surface area contributed by atoms with Crippen LogP contribution in [-0.4, -0.2) is 42.1 Å². The van der Waals surface area contributed by atoms with Gasteiger partial charge in [0, 0.05) is 17.5 Å². The number of rotatable bonds is 5. The first-order valence-corrected chi connectivity index (χ1v) is 8.48. The number of nitrogens with zero attached hydrogens (tertiary/aromatic N) is 2. The van der Waals surface area contributed by atoms with Crippen LogP contribution in [-0.2, 0) is 6.54 Å². The van der Waals surface area contributed by atoms with E-state index in [2.05, 4.69) is 53.8 Å². The molecule has 0 radical (unpaired) electrons. The fourth-order valence-corrected chi connectivity index (χ4v) is 3.52. The molecule has 1 aromatic heterocycles. The number of carbonyl (C=O) groups is 1. The molecule has 6 heteroatoms. The summed E-state index contributed by atoms with van der Waals surface area (Å²) in [6, 6.07) is 0.795. The Kier molecular flexibility index (Phi) is 5.58. The Morgan fingerprint density at radius 3 is 2.81 bits per heavy atom. The highest BCUT2D eigenvalue weighted by Crippen LogP contribution is 2.22. The summed E-state index contributed by atoms with van der Waals surface area (Å²) in [7, 11) is 4.20. The van der Waals surface area contributed by atoms with Gasteiger partial charge >= 0.3 is 6.03 Å². The van der Waals surface area contributed by atoms with Gasteiger partial charge in [-0.05, 0) is 39.3 Å². The third-order valence-corrected chi connectivity index (χ3v) is 4.90. The van der Waals surface area contributed by atoms with Crippen LogP contribution in [0.2, 0.25) is 0 Å². The van der Waals surface area contributed by atoms with E-state index in [9.17, 15) is 4.79 Å². The Bertz CT molecular complexity index is 472. The molecular weight excluding hydrogens is 284 g/mol. The SMILES string of the molecule is CC(C)c1csc(CNC(=O)N[C@H]2CC[C@H](N(C)C)C2)n1. The normalized spacial score (nSPS) is 22.0. The summed E-state index contributed by atoms with van der Waals surface area (Å²) < 4.78 is 0. The predicted molar refractivity (Wildman–Crippen MR) is 86.7 cm³/mol. The molecule has 2 amide bonds. The number of urea groups is 1. The molecule has 1 aliphatic carbocycles. The van der Waals surface area contributed by atoms with E-state index in [1.54, 1.807) is 11.3 Å². The molecule has 1 aliphatic rings. The predicted octanol–water partition coefficient (Wildman–Crippen LogP) is 2.55. The summed E-state index contributed by atoms with van der Waals surface area (Å²) >= 11 is 1.61. The Hall–Kier alpha value is -1.14. The molecule has 2 atom stereocenters. The maximum Gasteiger partial charge on any atom is 0.315 e. The van der Waals surface area contributed by atoms with E-state index in [4.69, 9.17) is 0 Å². The fraction of sp³-hybridized carbons (Fsp3) is 0.733. The number of amides is 2. The maximum atomic E-state index is 11.9. The largest absolute Gasteiger partial charge is 0.335 e. The molecule has 2 rings (SSSR count). The van der Waals surface area contributed by atoms with Gasteiger partial charge in [0.05, 0.1) is 12.2 Å². The van der Waals surface area contributed by atoms with Gasteiger partial charge in [0.1, 0.15) is 5.01 Å². The lowest BCUT2D eigenvalue weighted by Crippen LogP contribution is -2.41. The first-order valence-electron chi connectivity index (χ1n) is 7.60. The van der Waals surface area contributed by atoms with Crippen LogP contribution >= 0.6 is 11.3 Å². The van der Waals surface area contributed by atoms with E-state index in [0.29, 0.717) is 24.5 Å². The zero-order valence-electron chi connectivity index (χ0n) is 13.3. The first-order chi connectivity index (χ1) is 9.95. The van der Waals surface area contributed by atoms with Gasteiger partial charge < -0.3 is 15.5 Å². The smallest absolute Gasteiger partial charge is 0.315 e. The molecule has 0 aromatic carbocycles. The number of hydrogen-bond acceptors (Lipinski definition) is 4. The van der Waals surface area contributed by atoms with Crippen LogP contribution in [0.5, 0.6) is 0 Å². The quantitative estimate of drug-likeness (QED) is 0.879. The molecule has 0 aliphatic heterocycles. The lowest BCUT2D eigenvalue weighted by atomic mass is 10.2. The number of nitrogens with one attached hydrogen (secondary N) is 2. The minimum atomic E-state index is -0.0827. The highest BCUT2D eigenvalue weighted by molar-refractivity contribution is 7.09. The summed E-state index contributed by atoms with van der Waals surface area (Å²) in [6.07, 6.45) is 3.25. The molecule has 1 saturated carbocycles. The minimum absolute atomic E-state index is 0.0827. The van der Waals surface area contributed by atoms with E-state index >= 15 is 0 Å². The molecular formula is C15H26N4OS. The third kappa shape index (κ3) is 4.68. The van der Waals surface area contributed by atoms with Crippen LogP contribution in [0.3, 0.4) is 0 Å². The van der Waals surface area contributed by atoms with Crippen molar-refractivity contribution < 1.29 is 4.79 Å². The molecule has 118 valence electrons. The fourth-order valence-electron chi connectivity index (χ4n) is 2.62. The molecule has 5 nitrogen and oxygen atoms in total. The van der Waals surface area contributed by atoms with Crippen molar-refractivity contribution in [2.45, 2.75) is 57.7 Å². The Balaban J connectivity index is 1.72. The van der Waals surface area contributed by atoms with Gasteiger partial charge in [0.15, 0.2) is 0 Å².